The molecule has 0 saturated heterocycles. The highest BCUT2D eigenvalue weighted by Gasteiger charge is 2.20. The van der Waals surface area contributed by atoms with E-state index in [0.29, 0.717) is 44.4 Å². The molecule has 0 saturated carbocycles. The maximum absolute atomic E-state index is 12.5. The minimum absolute atomic E-state index is 0.0581. The molecular weight excluding hydrogens is 404 g/mol. The third kappa shape index (κ3) is 4.05. The molecule has 3 heterocycles. The second-order valence-electron chi connectivity index (χ2n) is 7.12. The van der Waals surface area contributed by atoms with Crippen molar-refractivity contribution in [1.82, 2.24) is 20.2 Å². The van der Waals surface area contributed by atoms with Crippen LogP contribution < -0.4 is 20.5 Å². The van der Waals surface area contributed by atoms with Gasteiger partial charge in [0.1, 0.15) is 10.5 Å². The summed E-state index contributed by atoms with van der Waals surface area (Å²) in [5, 5.41) is 12.2. The topological polar surface area (TPSA) is 126 Å². The number of nitrogens with zero attached hydrogens (tertiary/aromatic N) is 3. The van der Waals surface area contributed by atoms with Crippen molar-refractivity contribution in [3.63, 3.8) is 0 Å². The summed E-state index contributed by atoms with van der Waals surface area (Å²) >= 11 is 1.24. The molecule has 0 radical (unpaired) electrons. The first-order chi connectivity index (χ1) is 14.4. The number of anilines is 1. The first kappa shape index (κ1) is 20.0. The molecule has 4 rings (SSSR count). The van der Waals surface area contributed by atoms with Crippen molar-refractivity contribution >= 4 is 39.1 Å². The summed E-state index contributed by atoms with van der Waals surface area (Å²) in [5.41, 5.74) is 7.04. The Kier molecular flexibility index (Phi) is 5.51. The fraction of sp³-hybridized carbons (Fsp3) is 0.300. The number of thiophene rings is 1. The molecule has 1 aromatic carbocycles. The van der Waals surface area contributed by atoms with Gasteiger partial charge in [-0.25, -0.2) is 9.97 Å². The molecule has 0 bridgehead atoms. The molecule has 0 unspecified atom stereocenters. The minimum atomic E-state index is -0.170. The largest absolute Gasteiger partial charge is 0.454 e. The van der Waals surface area contributed by atoms with E-state index in [0.717, 1.165) is 13.0 Å². The van der Waals surface area contributed by atoms with Gasteiger partial charge in [-0.05, 0) is 51.3 Å². The van der Waals surface area contributed by atoms with Crippen LogP contribution in [0.1, 0.15) is 27.3 Å². The van der Waals surface area contributed by atoms with E-state index < -0.39 is 0 Å². The van der Waals surface area contributed by atoms with Crippen molar-refractivity contribution in [3.8, 4) is 11.5 Å². The highest BCUT2D eigenvalue weighted by atomic mass is 32.1. The van der Waals surface area contributed by atoms with Gasteiger partial charge in [-0.3, -0.25) is 10.2 Å². The molecule has 156 valence electrons. The summed E-state index contributed by atoms with van der Waals surface area (Å²) in [6.45, 7) is 1.64. The Morgan fingerprint density at radius 1 is 1.27 bits per heavy atom. The Balaban J connectivity index is 1.61. The van der Waals surface area contributed by atoms with Gasteiger partial charge in [0.2, 0.25) is 12.7 Å². The van der Waals surface area contributed by atoms with Gasteiger partial charge in [0.15, 0.2) is 11.5 Å². The number of benzene rings is 1. The van der Waals surface area contributed by atoms with E-state index in [4.69, 9.17) is 20.6 Å². The Labute approximate surface area is 177 Å². The van der Waals surface area contributed by atoms with Gasteiger partial charge in [-0.2, -0.15) is 0 Å². The van der Waals surface area contributed by atoms with Gasteiger partial charge in [-0.1, -0.05) is 0 Å². The van der Waals surface area contributed by atoms with E-state index in [2.05, 4.69) is 20.2 Å². The number of nitrogens with one attached hydrogen (secondary N) is 2. The number of carbonyl (C=O) groups excluding carboxylic acids is 1. The van der Waals surface area contributed by atoms with Crippen LogP contribution in [0.4, 0.5) is 5.95 Å². The molecule has 3 aromatic rings. The highest BCUT2D eigenvalue weighted by molar-refractivity contribution is 7.20. The van der Waals surface area contributed by atoms with Crippen molar-refractivity contribution in [2.45, 2.75) is 6.42 Å². The minimum Gasteiger partial charge on any atom is -0.454 e. The predicted octanol–water partition coefficient (Wildman–Crippen LogP) is 2.10. The van der Waals surface area contributed by atoms with Crippen LogP contribution in [0.15, 0.2) is 24.3 Å². The summed E-state index contributed by atoms with van der Waals surface area (Å²) in [5.74, 6) is 1.11. The molecule has 1 aliphatic rings. The lowest BCUT2D eigenvalue weighted by Gasteiger charge is -2.09. The van der Waals surface area contributed by atoms with Gasteiger partial charge in [0.25, 0.3) is 5.91 Å². The van der Waals surface area contributed by atoms with Crippen LogP contribution in [0, 0.1) is 5.41 Å². The van der Waals surface area contributed by atoms with E-state index in [1.807, 2.05) is 14.1 Å². The fourth-order valence-electron chi connectivity index (χ4n) is 3.11. The standard InChI is InChI=1S/C20H22N6O3S/c1-26(2)7-3-6-23-18(27)15-9-12-17(24-20(22)25-19(12)30-15)16(21)11-4-5-13-14(8-11)29-10-28-13/h4-5,8-9,21H,3,6-7,10H2,1-2H3,(H,23,27)(H2,22,24,25). The molecule has 1 amide bonds. The second kappa shape index (κ2) is 8.25. The van der Waals surface area contributed by atoms with Crippen LogP contribution in [-0.4, -0.2) is 60.5 Å². The summed E-state index contributed by atoms with van der Waals surface area (Å²) in [6.07, 6.45) is 0.858. The number of aromatic nitrogens is 2. The number of carbonyl (C=O) groups is 1. The number of ether oxygens (including phenoxy) is 2. The van der Waals surface area contributed by atoms with E-state index in [1.54, 1.807) is 24.3 Å². The average molecular weight is 427 g/mol. The number of hydrogen-bond donors (Lipinski definition) is 3. The Bertz CT molecular complexity index is 1130. The van der Waals surface area contributed by atoms with Crippen molar-refractivity contribution in [1.29, 1.82) is 5.41 Å². The van der Waals surface area contributed by atoms with E-state index in [9.17, 15) is 4.79 Å². The molecular formula is C20H22N6O3S. The zero-order valence-corrected chi connectivity index (χ0v) is 17.5. The normalized spacial score (nSPS) is 12.5. The lowest BCUT2D eigenvalue weighted by molar-refractivity contribution is 0.0956. The van der Waals surface area contributed by atoms with Crippen molar-refractivity contribution < 1.29 is 14.3 Å². The number of nitrogen functional groups attached to an aromatic ring is 1. The molecule has 1 aliphatic heterocycles. The molecule has 2 aromatic heterocycles. The van der Waals surface area contributed by atoms with Crippen LogP contribution in [0.25, 0.3) is 10.2 Å². The third-order valence-electron chi connectivity index (χ3n) is 4.60. The van der Waals surface area contributed by atoms with E-state index in [-0.39, 0.29) is 24.4 Å². The van der Waals surface area contributed by atoms with Gasteiger partial charge in [-0.15, -0.1) is 11.3 Å². The summed E-state index contributed by atoms with van der Waals surface area (Å²) in [4.78, 5) is 24.2. The number of nitrogens with two attached hydrogens (primary N) is 1. The van der Waals surface area contributed by atoms with Crippen molar-refractivity contribution in [2.24, 2.45) is 0 Å². The quantitative estimate of drug-likeness (QED) is 0.390. The summed E-state index contributed by atoms with van der Waals surface area (Å²) in [7, 11) is 3.99. The number of fused-ring (bicyclic) bond motifs is 2. The van der Waals surface area contributed by atoms with Crippen LogP contribution in [0.5, 0.6) is 11.5 Å². The van der Waals surface area contributed by atoms with Crippen molar-refractivity contribution in [3.05, 3.63) is 40.4 Å². The van der Waals surface area contributed by atoms with Gasteiger partial charge < -0.3 is 25.4 Å². The molecule has 0 atom stereocenters. The molecule has 30 heavy (non-hydrogen) atoms. The molecule has 0 spiro atoms. The molecule has 0 fully saturated rings. The van der Waals surface area contributed by atoms with Gasteiger partial charge >= 0.3 is 0 Å². The molecule has 4 N–H and O–H groups in total. The fourth-order valence-corrected chi connectivity index (χ4v) is 4.07. The monoisotopic (exact) mass is 426 g/mol. The van der Waals surface area contributed by atoms with E-state index in [1.165, 1.54) is 11.3 Å². The van der Waals surface area contributed by atoms with Crippen LogP contribution in [-0.2, 0) is 0 Å². The first-order valence-electron chi connectivity index (χ1n) is 9.41. The second-order valence-corrected chi connectivity index (χ2v) is 8.15. The molecule has 9 nitrogen and oxygen atoms in total. The number of hydrogen-bond acceptors (Lipinski definition) is 9. The Hall–Kier alpha value is -3.24. The molecule has 10 heteroatoms. The Morgan fingerprint density at radius 2 is 2.07 bits per heavy atom. The average Bonchev–Trinajstić information content (AvgIpc) is 3.35. The smallest absolute Gasteiger partial charge is 0.261 e. The maximum Gasteiger partial charge on any atom is 0.261 e. The summed E-state index contributed by atoms with van der Waals surface area (Å²) < 4.78 is 10.7. The lowest BCUT2D eigenvalue weighted by atomic mass is 10.0. The first-order valence-corrected chi connectivity index (χ1v) is 10.2. The Morgan fingerprint density at radius 3 is 2.87 bits per heavy atom. The summed E-state index contributed by atoms with van der Waals surface area (Å²) in [6, 6.07) is 6.98. The van der Waals surface area contributed by atoms with Gasteiger partial charge in [0, 0.05) is 17.5 Å². The zero-order chi connectivity index (χ0) is 21.3. The lowest BCUT2D eigenvalue weighted by Crippen LogP contribution is -2.26. The number of rotatable bonds is 7. The van der Waals surface area contributed by atoms with E-state index >= 15 is 0 Å². The van der Waals surface area contributed by atoms with Crippen LogP contribution in [0.2, 0.25) is 0 Å². The predicted molar refractivity (Wildman–Crippen MR) is 116 cm³/mol. The van der Waals surface area contributed by atoms with Gasteiger partial charge in [0.05, 0.1) is 10.6 Å². The van der Waals surface area contributed by atoms with Crippen LogP contribution >= 0.6 is 11.3 Å². The number of amides is 1. The maximum atomic E-state index is 12.5. The highest BCUT2D eigenvalue weighted by Crippen LogP contribution is 2.34. The molecule has 0 aliphatic carbocycles. The SMILES string of the molecule is CN(C)CCCNC(=O)c1cc2c(C(=N)c3ccc4c(c3)OCO4)nc(N)nc2s1. The van der Waals surface area contributed by atoms with Crippen LogP contribution in [0.3, 0.4) is 0 Å². The zero-order valence-electron chi connectivity index (χ0n) is 16.7. The van der Waals surface area contributed by atoms with Crippen molar-refractivity contribution in [2.75, 3.05) is 39.7 Å². The third-order valence-corrected chi connectivity index (χ3v) is 5.63.